The fourth-order valence-electron chi connectivity index (χ4n) is 3.38. The van der Waals surface area contributed by atoms with Crippen LogP contribution >= 0.6 is 0 Å². The van der Waals surface area contributed by atoms with Crippen molar-refractivity contribution in [2.45, 2.75) is 31.8 Å². The molecule has 0 amide bonds. The molecule has 0 saturated carbocycles. The van der Waals surface area contributed by atoms with Crippen LogP contribution in [0, 0.1) is 0 Å². The zero-order valence-electron chi connectivity index (χ0n) is 15.7. The van der Waals surface area contributed by atoms with Gasteiger partial charge in [0.25, 0.3) is 0 Å². The zero-order valence-corrected chi connectivity index (χ0v) is 15.7. The number of ether oxygens (including phenoxy) is 3. The van der Waals surface area contributed by atoms with Gasteiger partial charge in [-0.3, -0.25) is 9.78 Å². The second-order valence-electron chi connectivity index (χ2n) is 6.93. The van der Waals surface area contributed by atoms with E-state index >= 15 is 0 Å². The van der Waals surface area contributed by atoms with Crippen LogP contribution in [0.3, 0.4) is 0 Å². The molecule has 1 aromatic carbocycles. The highest BCUT2D eigenvalue weighted by Crippen LogP contribution is 2.23. The number of benzene rings is 1. The highest BCUT2D eigenvalue weighted by Gasteiger charge is 2.14. The van der Waals surface area contributed by atoms with Gasteiger partial charge in [-0.05, 0) is 43.5 Å². The largest absolute Gasteiger partial charge is 0.492 e. The number of nitrogens with zero attached hydrogens (tertiary/aromatic N) is 1. The van der Waals surface area contributed by atoms with Crippen LogP contribution < -0.4 is 14.9 Å². The molecule has 6 heteroatoms. The predicted molar refractivity (Wildman–Crippen MR) is 107 cm³/mol. The van der Waals surface area contributed by atoms with Crippen LogP contribution in [0.1, 0.15) is 25.0 Å². The minimum atomic E-state index is -0.0809. The van der Waals surface area contributed by atoms with E-state index in [9.17, 15) is 4.79 Å². The Kier molecular flexibility index (Phi) is 5.87. The van der Waals surface area contributed by atoms with Crippen molar-refractivity contribution in [2.75, 3.05) is 19.8 Å². The van der Waals surface area contributed by atoms with Gasteiger partial charge >= 0.3 is 0 Å². The topological polar surface area (TPSA) is 73.4 Å². The summed E-state index contributed by atoms with van der Waals surface area (Å²) in [6.07, 6.45) is 5.70. The molecule has 1 fully saturated rings. The first-order valence-electron chi connectivity index (χ1n) is 9.72. The van der Waals surface area contributed by atoms with Gasteiger partial charge < -0.3 is 19.2 Å². The molecule has 1 saturated heterocycles. The number of fused-ring (bicyclic) bond motifs is 1. The molecule has 1 aliphatic heterocycles. The molecule has 3 aromatic rings. The van der Waals surface area contributed by atoms with Crippen molar-refractivity contribution in [1.29, 1.82) is 0 Å². The molecule has 0 aliphatic carbocycles. The first kappa shape index (κ1) is 18.5. The molecule has 4 rings (SSSR count). The third kappa shape index (κ3) is 4.70. The molecule has 1 atom stereocenters. The van der Waals surface area contributed by atoms with E-state index in [0.717, 1.165) is 48.2 Å². The Morgan fingerprint density at radius 2 is 2.11 bits per heavy atom. The minimum Gasteiger partial charge on any atom is -0.492 e. The highest BCUT2D eigenvalue weighted by molar-refractivity contribution is 5.84. The van der Waals surface area contributed by atoms with Gasteiger partial charge in [-0.1, -0.05) is 6.07 Å². The van der Waals surface area contributed by atoms with E-state index in [1.165, 1.54) is 6.07 Å². The molecule has 0 bridgehead atoms. The van der Waals surface area contributed by atoms with Crippen molar-refractivity contribution in [1.82, 2.24) is 9.97 Å². The minimum absolute atomic E-state index is 0.0809. The van der Waals surface area contributed by atoms with Crippen molar-refractivity contribution >= 4 is 10.9 Å². The van der Waals surface area contributed by atoms with Crippen molar-refractivity contribution in [3.05, 3.63) is 64.6 Å². The van der Waals surface area contributed by atoms with E-state index < -0.39 is 0 Å². The lowest BCUT2D eigenvalue weighted by atomic mass is 10.1. The standard InChI is InChI=1S/C22H24N2O4/c25-17-13-16(24-22(14-17)28-15-18-5-1-2-11-26-18)9-12-27-21-8-3-7-20-19(21)6-4-10-23-20/h3-4,6-8,10,13-14,18H,1-2,5,9,11-12,15H2,(H,24,25). The number of aromatic nitrogens is 2. The van der Waals surface area contributed by atoms with Gasteiger partial charge in [0.1, 0.15) is 12.4 Å². The maximum Gasteiger partial charge on any atom is 0.194 e. The SMILES string of the molecule is O=c1cc(CCOc2cccc3ncccc23)[nH]c(OCC2CCCCO2)c1. The highest BCUT2D eigenvalue weighted by atomic mass is 16.5. The molecule has 1 N–H and O–H groups in total. The fraction of sp³-hybridized carbons (Fsp3) is 0.364. The Bertz CT molecular complexity index is 974. The first-order valence-corrected chi connectivity index (χ1v) is 9.72. The van der Waals surface area contributed by atoms with E-state index in [1.54, 1.807) is 12.3 Å². The van der Waals surface area contributed by atoms with Gasteiger partial charge in [-0.15, -0.1) is 0 Å². The van der Waals surface area contributed by atoms with Crippen LogP contribution in [0.2, 0.25) is 0 Å². The zero-order chi connectivity index (χ0) is 19.2. The van der Waals surface area contributed by atoms with Crippen LogP contribution in [0.4, 0.5) is 0 Å². The molecule has 146 valence electrons. The van der Waals surface area contributed by atoms with E-state index in [2.05, 4.69) is 9.97 Å². The molecule has 6 nitrogen and oxygen atoms in total. The van der Waals surface area contributed by atoms with Crippen LogP contribution in [0.15, 0.2) is 53.5 Å². The third-order valence-corrected chi connectivity index (χ3v) is 4.81. The van der Waals surface area contributed by atoms with Crippen molar-refractivity contribution in [2.24, 2.45) is 0 Å². The van der Waals surface area contributed by atoms with E-state index in [4.69, 9.17) is 14.2 Å². The number of hydrogen-bond donors (Lipinski definition) is 1. The van der Waals surface area contributed by atoms with Gasteiger partial charge in [0, 0.05) is 42.4 Å². The summed E-state index contributed by atoms with van der Waals surface area (Å²) < 4.78 is 17.4. The van der Waals surface area contributed by atoms with Crippen LogP contribution in [0.25, 0.3) is 10.9 Å². The second-order valence-corrected chi connectivity index (χ2v) is 6.93. The number of hydrogen-bond acceptors (Lipinski definition) is 5. The first-order chi connectivity index (χ1) is 13.8. The lowest BCUT2D eigenvalue weighted by Gasteiger charge is -2.22. The summed E-state index contributed by atoms with van der Waals surface area (Å²) >= 11 is 0. The smallest absolute Gasteiger partial charge is 0.194 e. The Hall–Kier alpha value is -2.86. The summed E-state index contributed by atoms with van der Waals surface area (Å²) in [4.78, 5) is 19.5. The molecular formula is C22H24N2O4. The molecule has 3 heterocycles. The van der Waals surface area contributed by atoms with Crippen molar-refractivity contribution < 1.29 is 14.2 Å². The molecule has 1 unspecified atom stereocenters. The Morgan fingerprint density at radius 3 is 3.00 bits per heavy atom. The van der Waals surface area contributed by atoms with Crippen molar-refractivity contribution in [3.8, 4) is 11.6 Å². The number of rotatable bonds is 7. The Morgan fingerprint density at radius 1 is 1.14 bits per heavy atom. The molecule has 28 heavy (non-hydrogen) atoms. The Labute approximate surface area is 163 Å². The van der Waals surface area contributed by atoms with Gasteiger partial charge in [0.05, 0.1) is 18.2 Å². The second kappa shape index (κ2) is 8.89. The number of H-pyrrole nitrogens is 1. The van der Waals surface area contributed by atoms with Gasteiger partial charge in [-0.25, -0.2) is 0 Å². The van der Waals surface area contributed by atoms with Crippen LogP contribution in [-0.2, 0) is 11.2 Å². The summed E-state index contributed by atoms with van der Waals surface area (Å²) in [7, 11) is 0. The lowest BCUT2D eigenvalue weighted by molar-refractivity contribution is -0.0120. The molecular weight excluding hydrogens is 356 g/mol. The van der Waals surface area contributed by atoms with Crippen molar-refractivity contribution in [3.63, 3.8) is 0 Å². The summed E-state index contributed by atoms with van der Waals surface area (Å²) in [5, 5.41) is 0.975. The van der Waals surface area contributed by atoms with E-state index in [-0.39, 0.29) is 11.5 Å². The van der Waals surface area contributed by atoms with Gasteiger partial charge in [-0.2, -0.15) is 0 Å². The maximum atomic E-state index is 12.0. The monoisotopic (exact) mass is 380 g/mol. The van der Waals surface area contributed by atoms with Crippen LogP contribution in [-0.4, -0.2) is 35.9 Å². The normalized spacial score (nSPS) is 16.8. The van der Waals surface area contributed by atoms with E-state index in [1.807, 2.05) is 30.3 Å². The molecule has 0 spiro atoms. The lowest BCUT2D eigenvalue weighted by Crippen LogP contribution is -2.26. The summed E-state index contributed by atoms with van der Waals surface area (Å²) in [5.41, 5.74) is 1.60. The maximum absolute atomic E-state index is 12.0. The van der Waals surface area contributed by atoms with Crippen LogP contribution in [0.5, 0.6) is 11.6 Å². The summed E-state index contributed by atoms with van der Waals surface area (Å²) in [5.74, 6) is 1.26. The molecule has 1 aliphatic rings. The average molecular weight is 380 g/mol. The quantitative estimate of drug-likeness (QED) is 0.679. The summed E-state index contributed by atoms with van der Waals surface area (Å²) in [6.45, 7) is 1.68. The predicted octanol–water partition coefficient (Wildman–Crippen LogP) is 3.49. The molecule has 0 radical (unpaired) electrons. The fourth-order valence-corrected chi connectivity index (χ4v) is 3.38. The van der Waals surface area contributed by atoms with Gasteiger partial charge in [0.2, 0.25) is 0 Å². The molecule has 2 aromatic heterocycles. The third-order valence-electron chi connectivity index (χ3n) is 4.81. The Balaban J connectivity index is 1.36. The number of aromatic amines is 1. The average Bonchev–Trinajstić information content (AvgIpc) is 2.73. The van der Waals surface area contributed by atoms with E-state index in [0.29, 0.717) is 25.5 Å². The number of nitrogens with one attached hydrogen (secondary N) is 1. The number of pyridine rings is 2. The van der Waals surface area contributed by atoms with Gasteiger partial charge in [0.15, 0.2) is 11.3 Å². The summed E-state index contributed by atoms with van der Waals surface area (Å²) in [6, 6.07) is 12.7.